The highest BCUT2D eigenvalue weighted by atomic mass is 15.1. The number of nitrogens with zero attached hydrogens (tertiary/aromatic N) is 1. The Balaban J connectivity index is 1.49. The number of hydrogen-bond acceptors (Lipinski definition) is 2. The Morgan fingerprint density at radius 2 is 2.00 bits per heavy atom. The predicted molar refractivity (Wildman–Crippen MR) is 85.1 cm³/mol. The van der Waals surface area contributed by atoms with Crippen molar-refractivity contribution in [3.8, 4) is 0 Å². The van der Waals surface area contributed by atoms with Crippen LogP contribution in [0.5, 0.6) is 0 Å². The van der Waals surface area contributed by atoms with Gasteiger partial charge < -0.3 is 10.2 Å². The molecule has 0 radical (unpaired) electrons. The van der Waals surface area contributed by atoms with Gasteiger partial charge in [0.2, 0.25) is 0 Å². The molecule has 2 aliphatic rings. The summed E-state index contributed by atoms with van der Waals surface area (Å²) in [6, 6.07) is 8.36. The number of rotatable bonds is 5. The zero-order chi connectivity index (χ0) is 13.9. The van der Waals surface area contributed by atoms with Crippen LogP contribution in [-0.4, -0.2) is 31.1 Å². The maximum Gasteiger partial charge on any atom is 0.0326 e. The lowest BCUT2D eigenvalue weighted by Gasteiger charge is -2.25. The average molecular weight is 272 g/mol. The van der Waals surface area contributed by atoms with E-state index in [4.69, 9.17) is 0 Å². The van der Waals surface area contributed by atoms with Crippen molar-refractivity contribution in [2.24, 2.45) is 0 Å². The third-order valence-electron chi connectivity index (χ3n) is 5.18. The van der Waals surface area contributed by atoms with Crippen LogP contribution in [0.3, 0.4) is 0 Å². The van der Waals surface area contributed by atoms with Crippen molar-refractivity contribution >= 4 is 0 Å². The summed E-state index contributed by atoms with van der Waals surface area (Å²) in [5.74, 6) is 0. The molecule has 2 aliphatic carbocycles. The third kappa shape index (κ3) is 3.07. The molecule has 2 nitrogen and oxygen atoms in total. The number of nitrogens with one attached hydrogen (secondary N) is 1. The first kappa shape index (κ1) is 14.1. The lowest BCUT2D eigenvalue weighted by Crippen LogP contribution is -2.36. The largest absolute Gasteiger partial charge is 0.309 e. The molecule has 2 heteroatoms. The van der Waals surface area contributed by atoms with Gasteiger partial charge in [-0.15, -0.1) is 0 Å². The fourth-order valence-corrected chi connectivity index (χ4v) is 3.88. The standard InChI is InChI=1S/C18H28N2/c1-14-7-8-15-9-10-18(17(15)13-14)19-11-12-20(2)16-5-3-4-6-16/h7-8,13,16,18-19H,3-6,9-12H2,1-2H3. The molecule has 1 aromatic carbocycles. The molecule has 3 rings (SSSR count). The van der Waals surface area contributed by atoms with Crippen LogP contribution in [0.25, 0.3) is 0 Å². The van der Waals surface area contributed by atoms with Gasteiger partial charge in [-0.2, -0.15) is 0 Å². The molecule has 0 spiro atoms. The van der Waals surface area contributed by atoms with E-state index in [-0.39, 0.29) is 0 Å². The number of likely N-dealkylation sites (N-methyl/N-ethyl adjacent to an activating group) is 1. The highest BCUT2D eigenvalue weighted by molar-refractivity contribution is 5.37. The molecule has 1 aromatic rings. The molecule has 1 N–H and O–H groups in total. The monoisotopic (exact) mass is 272 g/mol. The van der Waals surface area contributed by atoms with E-state index in [0.717, 1.165) is 12.6 Å². The minimum Gasteiger partial charge on any atom is -0.309 e. The molecule has 1 fully saturated rings. The molecular weight excluding hydrogens is 244 g/mol. The molecule has 110 valence electrons. The van der Waals surface area contributed by atoms with Gasteiger partial charge in [0.1, 0.15) is 0 Å². The molecule has 1 unspecified atom stereocenters. The van der Waals surface area contributed by atoms with Crippen molar-refractivity contribution < 1.29 is 0 Å². The van der Waals surface area contributed by atoms with Gasteiger partial charge >= 0.3 is 0 Å². The predicted octanol–water partition coefficient (Wildman–Crippen LogP) is 3.45. The highest BCUT2D eigenvalue weighted by Crippen LogP contribution is 2.31. The van der Waals surface area contributed by atoms with Crippen molar-refractivity contribution in [2.75, 3.05) is 20.1 Å². The summed E-state index contributed by atoms with van der Waals surface area (Å²) in [4.78, 5) is 2.56. The number of benzene rings is 1. The van der Waals surface area contributed by atoms with Gasteiger partial charge in [-0.25, -0.2) is 0 Å². The Morgan fingerprint density at radius 3 is 2.80 bits per heavy atom. The van der Waals surface area contributed by atoms with E-state index in [1.165, 1.54) is 50.6 Å². The van der Waals surface area contributed by atoms with Crippen molar-refractivity contribution in [1.82, 2.24) is 10.2 Å². The fourth-order valence-electron chi connectivity index (χ4n) is 3.88. The van der Waals surface area contributed by atoms with Crippen LogP contribution in [0.2, 0.25) is 0 Å². The van der Waals surface area contributed by atoms with Crippen LogP contribution < -0.4 is 5.32 Å². The molecule has 0 bridgehead atoms. The summed E-state index contributed by atoms with van der Waals surface area (Å²) < 4.78 is 0. The summed E-state index contributed by atoms with van der Waals surface area (Å²) >= 11 is 0. The van der Waals surface area contributed by atoms with E-state index in [2.05, 4.69) is 42.4 Å². The first-order chi connectivity index (χ1) is 9.74. The molecule has 20 heavy (non-hydrogen) atoms. The van der Waals surface area contributed by atoms with Gasteiger partial charge in [0.15, 0.2) is 0 Å². The van der Waals surface area contributed by atoms with E-state index < -0.39 is 0 Å². The summed E-state index contributed by atoms with van der Waals surface area (Å²) in [6.07, 6.45) is 8.18. The molecule has 0 amide bonds. The second-order valence-corrected chi connectivity index (χ2v) is 6.67. The lowest BCUT2D eigenvalue weighted by atomic mass is 10.1. The van der Waals surface area contributed by atoms with E-state index in [1.807, 2.05) is 0 Å². The topological polar surface area (TPSA) is 15.3 Å². The molecule has 0 aromatic heterocycles. The maximum atomic E-state index is 3.78. The van der Waals surface area contributed by atoms with Gasteiger partial charge in [0.25, 0.3) is 0 Å². The quantitative estimate of drug-likeness (QED) is 0.883. The van der Waals surface area contributed by atoms with E-state index >= 15 is 0 Å². The Bertz CT molecular complexity index is 449. The number of fused-ring (bicyclic) bond motifs is 1. The van der Waals surface area contributed by atoms with Gasteiger partial charge in [-0.05, 0) is 50.8 Å². The van der Waals surface area contributed by atoms with Gasteiger partial charge in [-0.1, -0.05) is 36.6 Å². The molecule has 1 atom stereocenters. The van der Waals surface area contributed by atoms with Crippen LogP contribution in [0.4, 0.5) is 0 Å². The normalized spacial score (nSPS) is 22.6. The molecule has 1 saturated carbocycles. The van der Waals surface area contributed by atoms with Crippen LogP contribution in [-0.2, 0) is 6.42 Å². The summed E-state index contributed by atoms with van der Waals surface area (Å²) in [7, 11) is 2.30. The Morgan fingerprint density at radius 1 is 1.20 bits per heavy atom. The number of hydrogen-bond donors (Lipinski definition) is 1. The van der Waals surface area contributed by atoms with E-state index in [1.54, 1.807) is 11.1 Å². The van der Waals surface area contributed by atoms with Crippen LogP contribution >= 0.6 is 0 Å². The first-order valence-corrected chi connectivity index (χ1v) is 8.27. The Kier molecular flexibility index (Phi) is 4.42. The number of aryl methyl sites for hydroxylation is 2. The molecular formula is C18H28N2. The SMILES string of the molecule is Cc1ccc2c(c1)C(NCCN(C)C1CCCC1)CC2. The Labute approximate surface area is 123 Å². The van der Waals surface area contributed by atoms with Crippen molar-refractivity contribution in [2.45, 2.75) is 57.5 Å². The van der Waals surface area contributed by atoms with Gasteiger partial charge in [-0.3, -0.25) is 0 Å². The third-order valence-corrected chi connectivity index (χ3v) is 5.18. The van der Waals surface area contributed by atoms with Crippen molar-refractivity contribution in [3.05, 3.63) is 34.9 Å². The van der Waals surface area contributed by atoms with E-state index in [9.17, 15) is 0 Å². The molecule has 0 aliphatic heterocycles. The summed E-state index contributed by atoms with van der Waals surface area (Å²) in [5, 5.41) is 3.78. The Hall–Kier alpha value is -0.860. The maximum absolute atomic E-state index is 3.78. The first-order valence-electron chi connectivity index (χ1n) is 8.27. The lowest BCUT2D eigenvalue weighted by molar-refractivity contribution is 0.242. The minimum absolute atomic E-state index is 0.585. The van der Waals surface area contributed by atoms with Crippen LogP contribution in [0, 0.1) is 6.92 Å². The molecule has 0 heterocycles. The van der Waals surface area contributed by atoms with Crippen LogP contribution in [0.1, 0.15) is 54.8 Å². The second kappa shape index (κ2) is 6.28. The fraction of sp³-hybridized carbons (Fsp3) is 0.667. The van der Waals surface area contributed by atoms with Gasteiger partial charge in [0, 0.05) is 25.2 Å². The van der Waals surface area contributed by atoms with Gasteiger partial charge in [0.05, 0.1) is 0 Å². The highest BCUT2D eigenvalue weighted by Gasteiger charge is 2.23. The minimum atomic E-state index is 0.585. The smallest absolute Gasteiger partial charge is 0.0326 e. The zero-order valence-electron chi connectivity index (χ0n) is 13.0. The van der Waals surface area contributed by atoms with Crippen molar-refractivity contribution in [1.29, 1.82) is 0 Å². The van der Waals surface area contributed by atoms with Crippen molar-refractivity contribution in [3.63, 3.8) is 0 Å². The molecule has 0 saturated heterocycles. The zero-order valence-corrected chi connectivity index (χ0v) is 13.0. The van der Waals surface area contributed by atoms with E-state index in [0.29, 0.717) is 6.04 Å². The van der Waals surface area contributed by atoms with Crippen LogP contribution in [0.15, 0.2) is 18.2 Å². The average Bonchev–Trinajstić information content (AvgIpc) is 3.08. The summed E-state index contributed by atoms with van der Waals surface area (Å²) in [5.41, 5.74) is 4.49. The second-order valence-electron chi connectivity index (χ2n) is 6.67. The summed E-state index contributed by atoms with van der Waals surface area (Å²) in [6.45, 7) is 4.50.